The number of amides is 1. The first-order valence-corrected chi connectivity index (χ1v) is 14.0. The molecule has 208 valence electrons. The highest BCUT2D eigenvalue weighted by atomic mass is 16.5. The van der Waals surface area contributed by atoms with Gasteiger partial charge in [-0.05, 0) is 64.4 Å². The Morgan fingerprint density at radius 3 is 2.21 bits per heavy atom. The van der Waals surface area contributed by atoms with Crippen molar-refractivity contribution >= 4 is 22.4 Å². The first kappa shape index (κ1) is 26.0. The van der Waals surface area contributed by atoms with E-state index in [-0.39, 0.29) is 17.5 Å². The lowest BCUT2D eigenvalue weighted by Crippen LogP contribution is -2.40. The Morgan fingerprint density at radius 2 is 1.44 bits per heavy atom. The third-order valence-corrected chi connectivity index (χ3v) is 7.65. The van der Waals surface area contributed by atoms with Crippen molar-refractivity contribution in [2.45, 2.75) is 5.72 Å². The molecule has 0 saturated heterocycles. The number of hydrogen-bond donors (Lipinski definition) is 3. The summed E-state index contributed by atoms with van der Waals surface area (Å²) in [6.07, 6.45) is 3.38. The summed E-state index contributed by atoms with van der Waals surface area (Å²) in [4.78, 5) is 17.6. The average Bonchev–Trinajstić information content (AvgIpc) is 3.45. The normalized spacial score (nSPS) is 16.0. The summed E-state index contributed by atoms with van der Waals surface area (Å²) in [7, 11) is 0. The molecule has 43 heavy (non-hydrogen) atoms. The number of benzene rings is 5. The summed E-state index contributed by atoms with van der Waals surface area (Å²) in [6, 6.07) is 42.4. The molecule has 7 rings (SSSR count). The summed E-state index contributed by atoms with van der Waals surface area (Å²) in [5.41, 5.74) is 3.77. The van der Waals surface area contributed by atoms with Crippen LogP contribution < -0.4 is 10.6 Å². The van der Waals surface area contributed by atoms with Gasteiger partial charge < -0.3 is 15.2 Å². The third-order valence-electron chi connectivity index (χ3n) is 7.65. The number of ether oxygens (including phenoxy) is 1. The molecular formula is C37H27N3O3. The zero-order valence-electron chi connectivity index (χ0n) is 23.1. The van der Waals surface area contributed by atoms with E-state index in [0.29, 0.717) is 16.8 Å². The van der Waals surface area contributed by atoms with Gasteiger partial charge in [0.15, 0.2) is 0 Å². The minimum Gasteiger partial charge on any atom is -0.507 e. The van der Waals surface area contributed by atoms with Crippen molar-refractivity contribution in [2.75, 3.05) is 0 Å². The van der Waals surface area contributed by atoms with Crippen LogP contribution >= 0.6 is 0 Å². The molecule has 3 N–H and O–H groups in total. The van der Waals surface area contributed by atoms with Crippen LogP contribution in [0.25, 0.3) is 27.6 Å². The highest BCUT2D eigenvalue weighted by Gasteiger charge is 2.46. The first-order chi connectivity index (χ1) is 21.1. The van der Waals surface area contributed by atoms with Gasteiger partial charge in [0.05, 0.1) is 5.56 Å². The maximum Gasteiger partial charge on any atom is 0.258 e. The molecule has 5 aromatic carbocycles. The molecule has 0 bridgehead atoms. The minimum absolute atomic E-state index is 0.0507. The molecule has 1 aromatic heterocycles. The number of carbonyl (C=O) groups excluding carboxylic acids is 1. The Bertz CT molecular complexity index is 1970. The molecule has 2 heterocycles. The Kier molecular flexibility index (Phi) is 6.56. The number of fused-ring (bicyclic) bond motifs is 1. The van der Waals surface area contributed by atoms with E-state index in [9.17, 15) is 9.90 Å². The zero-order valence-corrected chi connectivity index (χ0v) is 23.1. The van der Waals surface area contributed by atoms with Crippen LogP contribution in [-0.2, 0) is 10.5 Å². The fourth-order valence-corrected chi connectivity index (χ4v) is 5.48. The van der Waals surface area contributed by atoms with E-state index in [1.54, 1.807) is 36.7 Å². The monoisotopic (exact) mass is 561 g/mol. The van der Waals surface area contributed by atoms with Crippen molar-refractivity contribution in [1.82, 2.24) is 15.6 Å². The van der Waals surface area contributed by atoms with E-state index in [0.717, 1.165) is 22.3 Å². The van der Waals surface area contributed by atoms with Crippen LogP contribution in [0.1, 0.15) is 27.0 Å². The number of pyridine rings is 1. The Hall–Kier alpha value is -5.88. The van der Waals surface area contributed by atoms with Crippen LogP contribution in [0.15, 0.2) is 152 Å². The zero-order chi connectivity index (χ0) is 29.2. The van der Waals surface area contributed by atoms with Crippen molar-refractivity contribution < 1.29 is 14.6 Å². The topological polar surface area (TPSA) is 83.5 Å². The fraction of sp³-hybridized carbons (Fsp3) is 0.0270. The third kappa shape index (κ3) is 4.85. The van der Waals surface area contributed by atoms with Gasteiger partial charge in [-0.3, -0.25) is 15.1 Å². The molecule has 6 heteroatoms. The van der Waals surface area contributed by atoms with Crippen molar-refractivity contribution in [3.63, 3.8) is 0 Å². The average molecular weight is 562 g/mol. The number of nitrogens with one attached hydrogen (secondary N) is 2. The second-order valence-corrected chi connectivity index (χ2v) is 10.3. The lowest BCUT2D eigenvalue weighted by Gasteiger charge is -2.32. The molecular weight excluding hydrogens is 534 g/mol. The Morgan fingerprint density at radius 1 is 0.721 bits per heavy atom. The predicted molar refractivity (Wildman–Crippen MR) is 168 cm³/mol. The molecule has 6 nitrogen and oxygen atoms in total. The number of aromatic nitrogens is 1. The van der Waals surface area contributed by atoms with Gasteiger partial charge in [-0.2, -0.15) is 0 Å². The summed E-state index contributed by atoms with van der Waals surface area (Å²) in [5, 5.41) is 19.9. The van der Waals surface area contributed by atoms with Crippen LogP contribution in [0, 0.1) is 0 Å². The molecule has 6 aromatic rings. The van der Waals surface area contributed by atoms with Gasteiger partial charge >= 0.3 is 0 Å². The van der Waals surface area contributed by atoms with Crippen LogP contribution in [-0.4, -0.2) is 16.0 Å². The largest absolute Gasteiger partial charge is 0.507 e. The van der Waals surface area contributed by atoms with Crippen LogP contribution in [0.5, 0.6) is 5.75 Å². The van der Waals surface area contributed by atoms with E-state index in [1.165, 1.54) is 10.8 Å². The summed E-state index contributed by atoms with van der Waals surface area (Å²) in [5.74, 6) is -0.0444. The summed E-state index contributed by atoms with van der Waals surface area (Å²) < 4.78 is 6.71. The smallest absolute Gasteiger partial charge is 0.258 e. The van der Waals surface area contributed by atoms with E-state index >= 15 is 0 Å². The second-order valence-electron chi connectivity index (χ2n) is 10.3. The highest BCUT2D eigenvalue weighted by molar-refractivity contribution is 5.96. The van der Waals surface area contributed by atoms with Gasteiger partial charge in [-0.1, -0.05) is 91.0 Å². The number of aromatic hydroxyl groups is 1. The minimum atomic E-state index is -1.35. The van der Waals surface area contributed by atoms with Crippen LogP contribution in [0.3, 0.4) is 0 Å². The van der Waals surface area contributed by atoms with Crippen molar-refractivity contribution in [1.29, 1.82) is 0 Å². The molecule has 0 spiro atoms. The highest BCUT2D eigenvalue weighted by Crippen LogP contribution is 2.44. The van der Waals surface area contributed by atoms with Crippen LogP contribution in [0.4, 0.5) is 0 Å². The number of rotatable bonds is 6. The second kappa shape index (κ2) is 10.8. The maximum atomic E-state index is 13.3. The van der Waals surface area contributed by atoms with Gasteiger partial charge in [-0.25, -0.2) is 0 Å². The molecule has 1 atom stereocenters. The lowest BCUT2D eigenvalue weighted by molar-refractivity contribution is 0.0308. The molecule has 1 aliphatic heterocycles. The van der Waals surface area contributed by atoms with Gasteiger partial charge in [0.2, 0.25) is 11.6 Å². The number of phenolic OH excluding ortho intramolecular Hbond substituents is 1. The number of hydrogen-bond acceptors (Lipinski definition) is 5. The van der Waals surface area contributed by atoms with Crippen molar-refractivity contribution in [3.05, 3.63) is 174 Å². The predicted octanol–water partition coefficient (Wildman–Crippen LogP) is 7.18. The quantitative estimate of drug-likeness (QED) is 0.201. The van der Waals surface area contributed by atoms with E-state index in [2.05, 4.69) is 45.9 Å². The molecule has 1 unspecified atom stereocenters. The van der Waals surface area contributed by atoms with Gasteiger partial charge in [0.1, 0.15) is 11.4 Å². The van der Waals surface area contributed by atoms with E-state index < -0.39 is 5.72 Å². The summed E-state index contributed by atoms with van der Waals surface area (Å²) in [6.45, 7) is 0. The molecule has 1 amide bonds. The molecule has 0 saturated carbocycles. The van der Waals surface area contributed by atoms with Crippen molar-refractivity contribution in [3.8, 4) is 16.9 Å². The van der Waals surface area contributed by atoms with Crippen LogP contribution in [0.2, 0.25) is 0 Å². The van der Waals surface area contributed by atoms with Gasteiger partial charge in [-0.15, -0.1) is 0 Å². The molecule has 0 fully saturated rings. The number of nitrogens with zero attached hydrogens (tertiary/aromatic N) is 1. The lowest BCUT2D eigenvalue weighted by atomic mass is 9.91. The van der Waals surface area contributed by atoms with Crippen molar-refractivity contribution in [2.24, 2.45) is 0 Å². The standard InChI is InChI=1S/C37H27N3O3/c41-33-15-7-6-14-32(33)37(31-20-18-26(19-21-31)29-17-16-25-9-4-5-12-28(25)23-29)40-34(30-13-8-22-38-24-30)36(43-37)39-35(42)27-10-2-1-3-11-27/h1-24,40-41H,(H,39,42). The van der Waals surface area contributed by atoms with Gasteiger partial charge in [0.25, 0.3) is 5.91 Å². The number of carbonyl (C=O) groups is 1. The Balaban J connectivity index is 1.32. The molecule has 0 aliphatic carbocycles. The number of phenols is 1. The van der Waals surface area contributed by atoms with E-state index in [4.69, 9.17) is 4.74 Å². The summed E-state index contributed by atoms with van der Waals surface area (Å²) >= 11 is 0. The fourth-order valence-electron chi connectivity index (χ4n) is 5.48. The first-order valence-electron chi connectivity index (χ1n) is 14.0. The van der Waals surface area contributed by atoms with Gasteiger partial charge in [0, 0.05) is 29.1 Å². The molecule has 0 radical (unpaired) electrons. The molecule has 1 aliphatic rings. The number of para-hydroxylation sites is 1. The SMILES string of the molecule is O=C(NC1=C(c2cccnc2)NC(c2ccc(-c3ccc4ccccc4c3)cc2)(c2ccccc2O)O1)c1ccccc1. The van der Waals surface area contributed by atoms with E-state index in [1.807, 2.05) is 78.9 Å². The maximum absolute atomic E-state index is 13.3. The Labute approximate surface area is 248 Å².